The Morgan fingerprint density at radius 1 is 0.460 bits per heavy atom. The molecule has 0 aliphatic carbocycles. The quantitative estimate of drug-likeness (QED) is 0.0614. The van der Waals surface area contributed by atoms with Crippen LogP contribution >= 0.6 is 23.5 Å². The monoisotopic (exact) mass is 745 g/mol. The lowest BCUT2D eigenvalue weighted by atomic mass is 10.1. The van der Waals surface area contributed by atoms with Crippen molar-refractivity contribution in [2.75, 3.05) is 88.6 Å². The minimum absolute atomic E-state index is 0.283. The molecular formula is C40H80N4O4S2. The number of nitrogens with zero attached hydrogens (tertiary/aromatic N) is 2. The van der Waals surface area contributed by atoms with Crippen LogP contribution in [0, 0.1) is 0 Å². The van der Waals surface area contributed by atoms with Gasteiger partial charge in [0.2, 0.25) is 0 Å². The molecule has 0 atom stereocenters. The van der Waals surface area contributed by atoms with Crippen LogP contribution in [0.4, 0.5) is 9.59 Å². The van der Waals surface area contributed by atoms with Gasteiger partial charge in [0.15, 0.2) is 0 Å². The van der Waals surface area contributed by atoms with Crippen LogP contribution in [-0.2, 0) is 9.47 Å². The predicted octanol–water partition coefficient (Wildman–Crippen LogP) is 10.1. The molecule has 1 rings (SSSR count). The molecule has 296 valence electrons. The summed E-state index contributed by atoms with van der Waals surface area (Å²) in [5, 5.41) is 5.81. The fraction of sp³-hybridized carbons (Fsp3) is 0.950. The van der Waals surface area contributed by atoms with E-state index in [9.17, 15) is 9.59 Å². The van der Waals surface area contributed by atoms with Crippen molar-refractivity contribution in [2.45, 2.75) is 155 Å². The first-order valence-corrected chi connectivity index (χ1v) is 23.4. The third kappa shape index (κ3) is 33.0. The highest BCUT2D eigenvalue weighted by molar-refractivity contribution is 7.99. The van der Waals surface area contributed by atoms with Gasteiger partial charge in [-0.2, -0.15) is 23.5 Å². The van der Waals surface area contributed by atoms with Crippen LogP contribution in [-0.4, -0.2) is 111 Å². The molecule has 0 aromatic rings. The molecular weight excluding hydrogens is 665 g/mol. The molecule has 2 N–H and O–H groups in total. The van der Waals surface area contributed by atoms with E-state index in [-0.39, 0.29) is 12.2 Å². The van der Waals surface area contributed by atoms with Crippen molar-refractivity contribution in [1.29, 1.82) is 0 Å². The average Bonchev–Trinajstić information content (AvgIpc) is 3.12. The summed E-state index contributed by atoms with van der Waals surface area (Å²) in [6.45, 7) is 13.1. The highest BCUT2D eigenvalue weighted by atomic mass is 32.2. The summed E-state index contributed by atoms with van der Waals surface area (Å²) in [4.78, 5) is 28.9. The maximum Gasteiger partial charge on any atom is 0.407 e. The molecule has 1 aliphatic heterocycles. The van der Waals surface area contributed by atoms with Gasteiger partial charge in [-0.05, 0) is 74.6 Å². The van der Waals surface area contributed by atoms with Crippen LogP contribution in [0.2, 0.25) is 0 Å². The lowest BCUT2D eigenvalue weighted by molar-refractivity contribution is 0.126. The molecule has 1 saturated heterocycles. The number of alkyl carbamates (subject to hydrolysis) is 2. The molecule has 0 aromatic heterocycles. The van der Waals surface area contributed by atoms with E-state index in [1.807, 2.05) is 23.5 Å². The van der Waals surface area contributed by atoms with Gasteiger partial charge in [0.05, 0.1) is 13.2 Å². The second-order valence-electron chi connectivity index (χ2n) is 14.1. The minimum atomic E-state index is -0.283. The molecule has 0 aromatic carbocycles. The topological polar surface area (TPSA) is 83.1 Å². The van der Waals surface area contributed by atoms with Crippen LogP contribution in [0.3, 0.4) is 0 Å². The molecule has 0 saturated carbocycles. The highest BCUT2D eigenvalue weighted by Gasteiger charge is 2.16. The fourth-order valence-corrected chi connectivity index (χ4v) is 8.08. The fourth-order valence-electron chi connectivity index (χ4n) is 6.21. The van der Waals surface area contributed by atoms with Crippen molar-refractivity contribution in [3.05, 3.63) is 0 Å². The van der Waals surface area contributed by atoms with Gasteiger partial charge in [-0.1, -0.05) is 117 Å². The Balaban J connectivity index is 1.81. The average molecular weight is 745 g/mol. The van der Waals surface area contributed by atoms with Crippen LogP contribution in [0.25, 0.3) is 0 Å². The predicted molar refractivity (Wildman–Crippen MR) is 219 cm³/mol. The third-order valence-corrected chi connectivity index (χ3v) is 11.7. The van der Waals surface area contributed by atoms with E-state index in [1.54, 1.807) is 0 Å². The summed E-state index contributed by atoms with van der Waals surface area (Å²) >= 11 is 3.98. The number of unbranched alkanes of at least 4 members (excludes halogenated alkanes) is 16. The van der Waals surface area contributed by atoms with Gasteiger partial charge in [-0.15, -0.1) is 0 Å². The lowest BCUT2D eigenvalue weighted by Crippen LogP contribution is -2.47. The van der Waals surface area contributed by atoms with E-state index in [4.69, 9.17) is 9.47 Å². The number of carbonyl (C=O) groups is 2. The van der Waals surface area contributed by atoms with Crippen molar-refractivity contribution in [3.8, 4) is 0 Å². The third-order valence-electron chi connectivity index (χ3n) is 9.42. The van der Waals surface area contributed by atoms with E-state index in [0.717, 1.165) is 76.5 Å². The zero-order valence-electron chi connectivity index (χ0n) is 32.8. The Labute approximate surface area is 317 Å². The van der Waals surface area contributed by atoms with Gasteiger partial charge >= 0.3 is 12.2 Å². The number of ether oxygens (including phenoxy) is 2. The maximum absolute atomic E-state index is 12.0. The van der Waals surface area contributed by atoms with Crippen LogP contribution < -0.4 is 10.6 Å². The Kier molecular flexibility index (Phi) is 35.8. The summed E-state index contributed by atoms with van der Waals surface area (Å²) in [5.41, 5.74) is 0. The summed E-state index contributed by atoms with van der Waals surface area (Å²) < 4.78 is 10.7. The summed E-state index contributed by atoms with van der Waals surface area (Å²) in [6, 6.07) is 0. The molecule has 0 spiro atoms. The van der Waals surface area contributed by atoms with E-state index in [1.165, 1.54) is 127 Å². The first kappa shape index (κ1) is 47.2. The number of hydrogen-bond acceptors (Lipinski definition) is 8. The molecule has 1 aliphatic rings. The van der Waals surface area contributed by atoms with Gasteiger partial charge in [0.1, 0.15) is 0 Å². The molecule has 8 nitrogen and oxygen atoms in total. The zero-order valence-corrected chi connectivity index (χ0v) is 34.4. The molecule has 10 heteroatoms. The number of nitrogens with one attached hydrogen (secondary N) is 2. The van der Waals surface area contributed by atoms with E-state index in [2.05, 4.69) is 34.3 Å². The molecule has 50 heavy (non-hydrogen) atoms. The number of amides is 2. The van der Waals surface area contributed by atoms with Crippen LogP contribution in [0.15, 0.2) is 0 Å². The maximum atomic E-state index is 12.0. The molecule has 0 radical (unpaired) electrons. The van der Waals surface area contributed by atoms with Gasteiger partial charge in [0.25, 0.3) is 0 Å². The Bertz CT molecular complexity index is 684. The normalized spacial score (nSPS) is 13.8. The number of thioether (sulfide) groups is 2. The Hall–Kier alpha value is -0.840. The lowest BCUT2D eigenvalue weighted by Gasteiger charge is -2.34. The molecule has 1 fully saturated rings. The van der Waals surface area contributed by atoms with Crippen LogP contribution in [0.5, 0.6) is 0 Å². The SMILES string of the molecule is CCCCCCCCCCCSCCCOC(=O)NCCCN1CCN(CCCNC(=O)OCCCSCCCCCCCCCCC)CC1. The van der Waals surface area contributed by atoms with Crippen LogP contribution in [0.1, 0.15) is 155 Å². The second-order valence-corrected chi connectivity index (χ2v) is 16.6. The Morgan fingerprint density at radius 3 is 1.14 bits per heavy atom. The summed E-state index contributed by atoms with van der Waals surface area (Å²) in [7, 11) is 0. The Morgan fingerprint density at radius 2 is 0.780 bits per heavy atom. The first-order valence-electron chi connectivity index (χ1n) is 21.1. The molecule has 0 unspecified atom stereocenters. The second kappa shape index (κ2) is 37.9. The number of rotatable bonds is 36. The zero-order chi connectivity index (χ0) is 36.0. The molecule has 1 heterocycles. The van der Waals surface area contributed by atoms with E-state index >= 15 is 0 Å². The molecule has 2 amide bonds. The first-order chi connectivity index (χ1) is 24.7. The van der Waals surface area contributed by atoms with E-state index < -0.39 is 0 Å². The van der Waals surface area contributed by atoms with Gasteiger partial charge < -0.3 is 29.9 Å². The van der Waals surface area contributed by atoms with E-state index in [0.29, 0.717) is 26.3 Å². The number of piperazine rings is 1. The van der Waals surface area contributed by atoms with Crippen molar-refractivity contribution in [1.82, 2.24) is 20.4 Å². The molecule has 0 bridgehead atoms. The summed E-state index contributed by atoms with van der Waals surface area (Å²) in [6.07, 6.45) is 27.9. The minimum Gasteiger partial charge on any atom is -0.450 e. The van der Waals surface area contributed by atoms with Crippen molar-refractivity contribution in [2.24, 2.45) is 0 Å². The van der Waals surface area contributed by atoms with Crippen molar-refractivity contribution >= 4 is 35.7 Å². The van der Waals surface area contributed by atoms with Crippen molar-refractivity contribution < 1.29 is 19.1 Å². The van der Waals surface area contributed by atoms with Gasteiger partial charge in [-0.25, -0.2) is 9.59 Å². The van der Waals surface area contributed by atoms with Gasteiger partial charge in [0, 0.05) is 39.3 Å². The smallest absolute Gasteiger partial charge is 0.407 e. The van der Waals surface area contributed by atoms with Crippen molar-refractivity contribution in [3.63, 3.8) is 0 Å². The largest absolute Gasteiger partial charge is 0.450 e. The summed E-state index contributed by atoms with van der Waals surface area (Å²) in [5.74, 6) is 4.59. The van der Waals surface area contributed by atoms with Gasteiger partial charge in [-0.3, -0.25) is 0 Å². The number of hydrogen-bond donors (Lipinski definition) is 2. The standard InChI is InChI=1S/C40H80N4O4S2/c1-3-5-7-9-11-13-15-17-19-35-49-37-23-33-47-39(45)41-25-21-27-43-29-31-44(32-30-43)28-22-26-42-40(46)48-34-24-38-50-36-20-18-16-14-12-10-8-6-4-2/h3-38H2,1-2H3,(H,41,45)(H,42,46). The number of carbonyl (C=O) groups excluding carboxylic acids is 2. The highest BCUT2D eigenvalue weighted by Crippen LogP contribution is 2.14.